The van der Waals surface area contributed by atoms with E-state index in [0.29, 0.717) is 5.69 Å². The maximum atomic E-state index is 13.1. The molecule has 4 aromatic rings. The third-order valence-electron chi connectivity index (χ3n) is 5.45. The number of H-pyrrole nitrogens is 1. The van der Waals surface area contributed by atoms with Crippen molar-refractivity contribution in [1.82, 2.24) is 15.3 Å². The predicted octanol–water partition coefficient (Wildman–Crippen LogP) is 4.05. The van der Waals surface area contributed by atoms with Gasteiger partial charge in [0.05, 0.1) is 6.33 Å². The molecule has 0 aliphatic heterocycles. The van der Waals surface area contributed by atoms with E-state index >= 15 is 0 Å². The lowest BCUT2D eigenvalue weighted by atomic mass is 10.1. The van der Waals surface area contributed by atoms with Crippen LogP contribution < -0.4 is 10.6 Å². The third-order valence-corrected chi connectivity index (χ3v) is 5.45. The van der Waals surface area contributed by atoms with Crippen molar-refractivity contribution < 1.29 is 19.1 Å². The van der Waals surface area contributed by atoms with Gasteiger partial charge in [-0.05, 0) is 35.7 Å². The minimum absolute atomic E-state index is 0.0472. The molecule has 36 heavy (non-hydrogen) atoms. The summed E-state index contributed by atoms with van der Waals surface area (Å²) in [5.41, 5.74) is 3.12. The van der Waals surface area contributed by atoms with Gasteiger partial charge in [-0.2, -0.15) is 0 Å². The van der Waals surface area contributed by atoms with Crippen LogP contribution in [0.2, 0.25) is 0 Å². The van der Waals surface area contributed by atoms with Crippen LogP contribution in [0.15, 0.2) is 91.3 Å². The maximum absolute atomic E-state index is 13.1. The molecular formula is C28H26N4O4. The SMILES string of the molecule is Cc1cccc(NC(=O)c2nc[nH]c2C(=O)N[C@@H](Cc2ccccc2)C(=O)OCc2ccccc2)c1. The number of aromatic nitrogens is 2. The number of nitrogens with one attached hydrogen (secondary N) is 3. The summed E-state index contributed by atoms with van der Waals surface area (Å²) in [4.78, 5) is 45.7. The summed E-state index contributed by atoms with van der Waals surface area (Å²) in [6.07, 6.45) is 1.49. The van der Waals surface area contributed by atoms with E-state index in [1.54, 1.807) is 6.07 Å². The molecule has 0 spiro atoms. The first-order chi connectivity index (χ1) is 17.5. The highest BCUT2D eigenvalue weighted by molar-refractivity contribution is 6.10. The van der Waals surface area contributed by atoms with Crippen molar-refractivity contribution in [2.45, 2.75) is 26.0 Å². The molecule has 8 nitrogen and oxygen atoms in total. The zero-order valence-corrected chi connectivity index (χ0v) is 19.7. The van der Waals surface area contributed by atoms with Gasteiger partial charge in [0.15, 0.2) is 5.69 Å². The number of carbonyl (C=O) groups excluding carboxylic acids is 3. The Hall–Kier alpha value is -4.72. The molecule has 0 unspecified atom stereocenters. The van der Waals surface area contributed by atoms with E-state index in [4.69, 9.17) is 4.74 Å². The Morgan fingerprint density at radius 2 is 1.58 bits per heavy atom. The van der Waals surface area contributed by atoms with Gasteiger partial charge in [-0.25, -0.2) is 9.78 Å². The Kier molecular flexibility index (Phi) is 7.87. The molecule has 0 saturated heterocycles. The van der Waals surface area contributed by atoms with E-state index in [1.807, 2.05) is 85.8 Å². The van der Waals surface area contributed by atoms with E-state index in [1.165, 1.54) is 6.33 Å². The Bertz CT molecular complexity index is 1340. The van der Waals surface area contributed by atoms with Gasteiger partial charge in [-0.3, -0.25) is 9.59 Å². The van der Waals surface area contributed by atoms with Crippen molar-refractivity contribution >= 4 is 23.5 Å². The number of aromatic amines is 1. The first-order valence-corrected chi connectivity index (χ1v) is 11.5. The molecule has 8 heteroatoms. The van der Waals surface area contributed by atoms with Gasteiger partial charge < -0.3 is 20.4 Å². The van der Waals surface area contributed by atoms with Crippen LogP contribution >= 0.6 is 0 Å². The Morgan fingerprint density at radius 1 is 0.889 bits per heavy atom. The topological polar surface area (TPSA) is 113 Å². The number of imidazole rings is 1. The first kappa shape index (κ1) is 24.4. The van der Waals surface area contributed by atoms with Gasteiger partial charge in [0.1, 0.15) is 18.3 Å². The van der Waals surface area contributed by atoms with Crippen LogP contribution in [0.4, 0.5) is 5.69 Å². The Labute approximate surface area is 208 Å². The molecule has 2 amide bonds. The highest BCUT2D eigenvalue weighted by atomic mass is 16.5. The normalized spacial score (nSPS) is 11.4. The van der Waals surface area contributed by atoms with Gasteiger partial charge >= 0.3 is 5.97 Å². The third kappa shape index (κ3) is 6.44. The van der Waals surface area contributed by atoms with E-state index in [2.05, 4.69) is 20.6 Å². The van der Waals surface area contributed by atoms with Gasteiger partial charge in [0.2, 0.25) is 0 Å². The van der Waals surface area contributed by atoms with Crippen molar-refractivity contribution in [3.63, 3.8) is 0 Å². The van der Waals surface area contributed by atoms with Gasteiger partial charge in [0.25, 0.3) is 11.8 Å². The molecule has 3 aromatic carbocycles. The van der Waals surface area contributed by atoms with Crippen molar-refractivity contribution in [3.8, 4) is 0 Å². The standard InChI is InChI=1S/C28H26N4O4/c1-19-9-8-14-22(15-19)31-26(33)24-25(30-18-29-24)27(34)32-23(16-20-10-4-2-5-11-20)28(35)36-17-21-12-6-3-7-13-21/h2-15,18,23H,16-17H2,1H3,(H,29,30)(H,31,33)(H,32,34)/t23-/m0/s1. The largest absolute Gasteiger partial charge is 0.459 e. The molecule has 1 heterocycles. The molecule has 0 fully saturated rings. The molecule has 0 saturated carbocycles. The Balaban J connectivity index is 1.48. The predicted molar refractivity (Wildman–Crippen MR) is 135 cm³/mol. The van der Waals surface area contributed by atoms with Gasteiger partial charge in [0, 0.05) is 12.1 Å². The van der Waals surface area contributed by atoms with Gasteiger partial charge in [-0.15, -0.1) is 0 Å². The number of aryl methyl sites for hydroxylation is 1. The molecule has 182 valence electrons. The first-order valence-electron chi connectivity index (χ1n) is 11.5. The fraction of sp³-hybridized carbons (Fsp3) is 0.143. The van der Waals surface area contributed by atoms with E-state index < -0.39 is 23.8 Å². The quantitative estimate of drug-likeness (QED) is 0.312. The summed E-state index contributed by atoms with van der Waals surface area (Å²) in [5.74, 6) is -1.76. The number of rotatable bonds is 9. The van der Waals surface area contributed by atoms with Gasteiger partial charge in [-0.1, -0.05) is 72.8 Å². The van der Waals surface area contributed by atoms with Crippen molar-refractivity contribution in [3.05, 3.63) is 119 Å². The molecule has 0 bridgehead atoms. The number of hydrogen-bond acceptors (Lipinski definition) is 5. The van der Waals surface area contributed by atoms with Crippen LogP contribution in [-0.2, 0) is 22.6 Å². The van der Waals surface area contributed by atoms with Crippen molar-refractivity contribution in [2.24, 2.45) is 0 Å². The van der Waals surface area contributed by atoms with Crippen LogP contribution in [0.1, 0.15) is 37.7 Å². The van der Waals surface area contributed by atoms with E-state index in [9.17, 15) is 14.4 Å². The van der Waals surface area contributed by atoms with Crippen LogP contribution in [0.25, 0.3) is 0 Å². The monoisotopic (exact) mass is 482 g/mol. The highest BCUT2D eigenvalue weighted by Crippen LogP contribution is 2.13. The number of esters is 1. The fourth-order valence-electron chi connectivity index (χ4n) is 3.66. The molecule has 4 rings (SSSR count). The molecule has 0 aliphatic rings. The molecule has 0 radical (unpaired) electrons. The highest BCUT2D eigenvalue weighted by Gasteiger charge is 2.27. The Morgan fingerprint density at radius 3 is 2.28 bits per heavy atom. The summed E-state index contributed by atoms with van der Waals surface area (Å²) in [5, 5.41) is 5.45. The second-order valence-electron chi connectivity index (χ2n) is 8.26. The summed E-state index contributed by atoms with van der Waals surface area (Å²) in [6.45, 7) is 1.99. The number of ether oxygens (including phenoxy) is 1. The molecule has 1 aromatic heterocycles. The second-order valence-corrected chi connectivity index (χ2v) is 8.26. The van der Waals surface area contributed by atoms with Crippen molar-refractivity contribution in [2.75, 3.05) is 5.32 Å². The molecule has 3 N–H and O–H groups in total. The minimum atomic E-state index is -0.973. The smallest absolute Gasteiger partial charge is 0.329 e. The maximum Gasteiger partial charge on any atom is 0.329 e. The fourth-order valence-corrected chi connectivity index (χ4v) is 3.66. The number of nitrogens with zero attached hydrogens (tertiary/aromatic N) is 1. The number of amides is 2. The van der Waals surface area contributed by atoms with Crippen LogP contribution in [0.3, 0.4) is 0 Å². The molecular weight excluding hydrogens is 456 g/mol. The van der Waals surface area contributed by atoms with Crippen LogP contribution in [0.5, 0.6) is 0 Å². The number of carbonyl (C=O) groups is 3. The average molecular weight is 483 g/mol. The second kappa shape index (κ2) is 11.6. The zero-order valence-electron chi connectivity index (χ0n) is 19.7. The van der Waals surface area contributed by atoms with E-state index in [-0.39, 0.29) is 24.4 Å². The summed E-state index contributed by atoms with van der Waals surface area (Å²) >= 11 is 0. The lowest BCUT2D eigenvalue weighted by Gasteiger charge is -2.18. The molecule has 0 aliphatic carbocycles. The van der Waals surface area contributed by atoms with E-state index in [0.717, 1.165) is 16.7 Å². The minimum Gasteiger partial charge on any atom is -0.459 e. The number of hydrogen-bond donors (Lipinski definition) is 3. The lowest BCUT2D eigenvalue weighted by molar-refractivity contribution is -0.147. The van der Waals surface area contributed by atoms with Crippen molar-refractivity contribution in [1.29, 1.82) is 0 Å². The number of anilines is 1. The zero-order chi connectivity index (χ0) is 25.3. The average Bonchev–Trinajstić information content (AvgIpc) is 3.39. The summed E-state index contributed by atoms with van der Waals surface area (Å²) in [7, 11) is 0. The summed E-state index contributed by atoms with van der Waals surface area (Å²) in [6, 6.07) is 24.9. The number of benzene rings is 3. The molecule has 1 atom stereocenters. The lowest BCUT2D eigenvalue weighted by Crippen LogP contribution is -2.44. The van der Waals surface area contributed by atoms with Crippen LogP contribution in [-0.4, -0.2) is 33.8 Å². The van der Waals surface area contributed by atoms with Crippen LogP contribution in [0, 0.1) is 6.92 Å². The summed E-state index contributed by atoms with van der Waals surface area (Å²) < 4.78 is 5.49.